The third-order valence-electron chi connectivity index (χ3n) is 2.29. The van der Waals surface area contributed by atoms with Gasteiger partial charge in [-0.15, -0.1) is 0 Å². The molecule has 0 saturated heterocycles. The summed E-state index contributed by atoms with van der Waals surface area (Å²) in [5.74, 6) is 0. The van der Waals surface area contributed by atoms with E-state index in [-0.39, 0.29) is 0 Å². The molecule has 1 aromatic carbocycles. The summed E-state index contributed by atoms with van der Waals surface area (Å²) in [7, 11) is 1.77. The van der Waals surface area contributed by atoms with Gasteiger partial charge in [-0.2, -0.15) is 5.26 Å². The Morgan fingerprint density at radius 2 is 2.25 bits per heavy atom. The number of hydrogen-bond acceptors (Lipinski definition) is 3. The highest BCUT2D eigenvalue weighted by atomic mass is 79.9. The first-order valence-electron chi connectivity index (χ1n) is 4.53. The second-order valence-corrected chi connectivity index (χ2v) is 4.42. The van der Waals surface area contributed by atoms with Crippen molar-refractivity contribution < 1.29 is 0 Å². The van der Waals surface area contributed by atoms with Crippen LogP contribution in [0.3, 0.4) is 0 Å². The van der Waals surface area contributed by atoms with Crippen molar-refractivity contribution in [3.05, 3.63) is 33.4 Å². The molecule has 1 N–H and O–H groups in total. The fraction of sp³-hybridized carbons (Fsp3) is 0.0909. The summed E-state index contributed by atoms with van der Waals surface area (Å²) in [6.07, 6.45) is 1.52. The normalized spacial score (nSPS) is 10.1. The number of rotatable bonds is 1. The standard InChI is InChI=1S/C11H7BrClN3/c1-15-10-6(4-14)5-16-11-8(13)3-2-7(12)9(10)11/h2-3,5H,1H3,(H,15,16). The lowest BCUT2D eigenvalue weighted by Crippen LogP contribution is -1.96. The quantitative estimate of drug-likeness (QED) is 0.875. The van der Waals surface area contributed by atoms with E-state index in [2.05, 4.69) is 32.3 Å². The highest BCUT2D eigenvalue weighted by Crippen LogP contribution is 2.35. The molecule has 0 unspecified atom stereocenters. The van der Waals surface area contributed by atoms with Crippen molar-refractivity contribution in [2.75, 3.05) is 12.4 Å². The SMILES string of the molecule is CNc1c(C#N)cnc2c(Cl)ccc(Br)c12. The van der Waals surface area contributed by atoms with Crippen LogP contribution in [0.25, 0.3) is 10.9 Å². The van der Waals surface area contributed by atoms with Crippen LogP contribution in [0.1, 0.15) is 5.56 Å². The maximum absolute atomic E-state index is 8.99. The molecule has 0 aliphatic rings. The van der Waals surface area contributed by atoms with Gasteiger partial charge in [-0.1, -0.05) is 27.5 Å². The molecule has 0 atom stereocenters. The van der Waals surface area contributed by atoms with Gasteiger partial charge in [-0.3, -0.25) is 4.98 Å². The van der Waals surface area contributed by atoms with E-state index in [1.165, 1.54) is 6.20 Å². The second-order valence-electron chi connectivity index (χ2n) is 3.16. The van der Waals surface area contributed by atoms with Crippen LogP contribution in [0.15, 0.2) is 22.8 Å². The number of anilines is 1. The van der Waals surface area contributed by atoms with E-state index >= 15 is 0 Å². The number of halogens is 2. The third-order valence-corrected chi connectivity index (χ3v) is 3.26. The van der Waals surface area contributed by atoms with Gasteiger partial charge in [0.15, 0.2) is 0 Å². The number of benzene rings is 1. The van der Waals surface area contributed by atoms with Crippen molar-refractivity contribution in [2.45, 2.75) is 0 Å². The first-order valence-corrected chi connectivity index (χ1v) is 5.70. The average molecular weight is 297 g/mol. The van der Waals surface area contributed by atoms with Crippen LogP contribution >= 0.6 is 27.5 Å². The highest BCUT2D eigenvalue weighted by Gasteiger charge is 2.12. The Bertz CT molecular complexity index is 604. The zero-order valence-electron chi connectivity index (χ0n) is 8.38. The molecule has 3 nitrogen and oxygen atoms in total. The lowest BCUT2D eigenvalue weighted by Gasteiger charge is -2.09. The molecule has 1 aromatic heterocycles. The largest absolute Gasteiger partial charge is 0.386 e. The van der Waals surface area contributed by atoms with Gasteiger partial charge in [-0.25, -0.2) is 0 Å². The molecule has 16 heavy (non-hydrogen) atoms. The zero-order valence-corrected chi connectivity index (χ0v) is 10.7. The van der Waals surface area contributed by atoms with Crippen molar-refractivity contribution in [2.24, 2.45) is 0 Å². The fourth-order valence-electron chi connectivity index (χ4n) is 1.58. The summed E-state index contributed by atoms with van der Waals surface area (Å²) in [6.45, 7) is 0. The predicted molar refractivity (Wildman–Crippen MR) is 68.7 cm³/mol. The topological polar surface area (TPSA) is 48.7 Å². The molecule has 0 amide bonds. The molecule has 0 fully saturated rings. The monoisotopic (exact) mass is 295 g/mol. The number of nitrogens with one attached hydrogen (secondary N) is 1. The van der Waals surface area contributed by atoms with Crippen LogP contribution in [0, 0.1) is 11.3 Å². The van der Waals surface area contributed by atoms with Gasteiger partial charge in [0.1, 0.15) is 6.07 Å². The number of fused-ring (bicyclic) bond motifs is 1. The maximum Gasteiger partial charge on any atom is 0.103 e. The fourth-order valence-corrected chi connectivity index (χ4v) is 2.30. The Labute approximate surface area is 106 Å². The van der Waals surface area contributed by atoms with E-state index in [1.54, 1.807) is 13.1 Å². The lowest BCUT2D eigenvalue weighted by molar-refractivity contribution is 1.35. The van der Waals surface area contributed by atoms with Crippen molar-refractivity contribution >= 4 is 44.1 Å². The Kier molecular flexibility index (Phi) is 2.99. The van der Waals surface area contributed by atoms with Gasteiger partial charge in [-0.05, 0) is 12.1 Å². The van der Waals surface area contributed by atoms with Gasteiger partial charge in [0.25, 0.3) is 0 Å². The van der Waals surface area contributed by atoms with Crippen molar-refractivity contribution in [1.29, 1.82) is 5.26 Å². The van der Waals surface area contributed by atoms with Gasteiger partial charge in [0.05, 0.1) is 21.8 Å². The molecular formula is C11H7BrClN3. The van der Waals surface area contributed by atoms with Crippen LogP contribution in [0.5, 0.6) is 0 Å². The molecular weight excluding hydrogens is 289 g/mol. The van der Waals surface area contributed by atoms with E-state index in [0.29, 0.717) is 16.1 Å². The first-order chi connectivity index (χ1) is 7.69. The number of nitrogens with zero attached hydrogens (tertiary/aromatic N) is 2. The highest BCUT2D eigenvalue weighted by molar-refractivity contribution is 9.10. The van der Waals surface area contributed by atoms with Gasteiger partial charge >= 0.3 is 0 Å². The minimum atomic E-state index is 0.498. The van der Waals surface area contributed by atoms with Crippen LogP contribution < -0.4 is 5.32 Å². The van der Waals surface area contributed by atoms with Gasteiger partial charge < -0.3 is 5.32 Å². The molecule has 0 bridgehead atoms. The smallest absolute Gasteiger partial charge is 0.103 e. The van der Waals surface area contributed by atoms with Gasteiger partial charge in [0, 0.05) is 23.1 Å². The van der Waals surface area contributed by atoms with Crippen LogP contribution in [-0.2, 0) is 0 Å². The van der Waals surface area contributed by atoms with E-state index in [9.17, 15) is 0 Å². The molecule has 0 saturated carbocycles. The molecule has 0 spiro atoms. The lowest BCUT2D eigenvalue weighted by atomic mass is 10.1. The summed E-state index contributed by atoms with van der Waals surface area (Å²) in [6, 6.07) is 5.71. The zero-order chi connectivity index (χ0) is 11.7. The van der Waals surface area contributed by atoms with Crippen molar-refractivity contribution in [3.63, 3.8) is 0 Å². The average Bonchev–Trinajstić information content (AvgIpc) is 2.32. The second kappa shape index (κ2) is 4.28. The van der Waals surface area contributed by atoms with Crippen LogP contribution in [0.2, 0.25) is 5.02 Å². The van der Waals surface area contributed by atoms with E-state index in [4.69, 9.17) is 16.9 Å². The first kappa shape index (κ1) is 11.2. The summed E-state index contributed by atoms with van der Waals surface area (Å²) in [5, 5.41) is 13.4. The van der Waals surface area contributed by atoms with Crippen molar-refractivity contribution in [1.82, 2.24) is 4.98 Å². The minimum absolute atomic E-state index is 0.498. The van der Waals surface area contributed by atoms with E-state index in [1.807, 2.05) is 6.07 Å². The molecule has 2 rings (SSSR count). The predicted octanol–water partition coefficient (Wildman–Crippen LogP) is 3.56. The third kappa shape index (κ3) is 1.62. The molecule has 2 aromatic rings. The maximum atomic E-state index is 8.99. The number of nitriles is 1. The van der Waals surface area contributed by atoms with Crippen LogP contribution in [0.4, 0.5) is 5.69 Å². The molecule has 80 valence electrons. The number of pyridine rings is 1. The number of hydrogen-bond donors (Lipinski definition) is 1. The molecule has 1 heterocycles. The summed E-state index contributed by atoms with van der Waals surface area (Å²) in [5.41, 5.74) is 1.92. The Hall–Kier alpha value is -1.31. The van der Waals surface area contributed by atoms with Crippen molar-refractivity contribution in [3.8, 4) is 6.07 Å². The molecule has 5 heteroatoms. The Morgan fingerprint density at radius 3 is 2.88 bits per heavy atom. The Morgan fingerprint density at radius 1 is 1.50 bits per heavy atom. The van der Waals surface area contributed by atoms with E-state index in [0.717, 1.165) is 15.5 Å². The number of aromatic nitrogens is 1. The van der Waals surface area contributed by atoms with E-state index < -0.39 is 0 Å². The summed E-state index contributed by atoms with van der Waals surface area (Å²) >= 11 is 9.50. The summed E-state index contributed by atoms with van der Waals surface area (Å²) in [4.78, 5) is 4.20. The molecule has 0 radical (unpaired) electrons. The summed E-state index contributed by atoms with van der Waals surface area (Å²) < 4.78 is 0.862. The van der Waals surface area contributed by atoms with Gasteiger partial charge in [0.2, 0.25) is 0 Å². The molecule has 0 aliphatic heterocycles. The Balaban J connectivity index is 2.98. The minimum Gasteiger partial charge on any atom is -0.386 e. The van der Waals surface area contributed by atoms with Crippen LogP contribution in [-0.4, -0.2) is 12.0 Å². The molecule has 0 aliphatic carbocycles.